The summed E-state index contributed by atoms with van der Waals surface area (Å²) in [5.41, 5.74) is 0. The van der Waals surface area contributed by atoms with Crippen molar-refractivity contribution in [3.05, 3.63) is 60.7 Å². The first-order valence-corrected chi connectivity index (χ1v) is 14.2. The molecule has 0 heterocycles. The molecule has 0 unspecified atom stereocenters. The third-order valence-electron chi connectivity index (χ3n) is 1.84. The Balaban J connectivity index is 0.000000317. The summed E-state index contributed by atoms with van der Waals surface area (Å²) < 4.78 is 2.99. The Morgan fingerprint density at radius 3 is 1.24 bits per heavy atom. The fourth-order valence-corrected chi connectivity index (χ4v) is 3.42. The van der Waals surface area contributed by atoms with Crippen molar-refractivity contribution in [3.8, 4) is 0 Å². The minimum absolute atomic E-state index is 0.108. The van der Waals surface area contributed by atoms with Crippen LogP contribution >= 0.6 is 0 Å². The topological polar surface area (TPSA) is 0 Å². The van der Waals surface area contributed by atoms with Crippen LogP contribution in [0.5, 0.6) is 0 Å². The molecule has 3 radical (unpaired) electrons. The van der Waals surface area contributed by atoms with E-state index < -0.39 is 0 Å². The molecule has 0 bridgehead atoms. The molecule has 0 aromatic heterocycles. The quantitative estimate of drug-likeness (QED) is 0.735. The SMILES string of the molecule is [CH3][Ge]([CH3])[CH3].c1cc[c]([Ge][c]2ccccc2)cc1. The number of benzene rings is 2. The second-order valence-corrected chi connectivity index (χ2v) is 13.6. The van der Waals surface area contributed by atoms with E-state index in [1.54, 1.807) is 0 Å². The van der Waals surface area contributed by atoms with Gasteiger partial charge in [0.25, 0.3) is 0 Å². The van der Waals surface area contributed by atoms with Crippen molar-refractivity contribution >= 4 is 38.6 Å². The van der Waals surface area contributed by atoms with Crippen molar-refractivity contribution in [2.75, 3.05) is 0 Å². The van der Waals surface area contributed by atoms with E-state index in [0.29, 0.717) is 0 Å². The van der Waals surface area contributed by atoms with Crippen LogP contribution in [0.2, 0.25) is 17.3 Å². The minimum atomic E-state index is -0.333. The van der Waals surface area contributed by atoms with E-state index in [0.717, 1.165) is 0 Å². The van der Waals surface area contributed by atoms with Crippen LogP contribution in [-0.4, -0.2) is 29.8 Å². The van der Waals surface area contributed by atoms with Gasteiger partial charge in [-0.15, -0.1) is 0 Å². The van der Waals surface area contributed by atoms with E-state index in [-0.39, 0.29) is 29.8 Å². The predicted molar refractivity (Wildman–Crippen MR) is 81.3 cm³/mol. The molecule has 2 aromatic rings. The summed E-state index contributed by atoms with van der Waals surface area (Å²) in [7, 11) is 0. The molecule has 2 heteroatoms. The Labute approximate surface area is 116 Å². The maximum atomic E-state index is 2.33. The van der Waals surface area contributed by atoms with E-state index in [2.05, 4.69) is 77.9 Å². The van der Waals surface area contributed by atoms with Gasteiger partial charge in [0.05, 0.1) is 0 Å². The van der Waals surface area contributed by atoms with Crippen LogP contribution in [0.4, 0.5) is 0 Å². The molecule has 2 aromatic carbocycles. The van der Waals surface area contributed by atoms with Crippen molar-refractivity contribution in [1.82, 2.24) is 0 Å². The van der Waals surface area contributed by atoms with Gasteiger partial charge in [0.2, 0.25) is 0 Å². The Bertz CT molecular complexity index is 356. The van der Waals surface area contributed by atoms with Crippen LogP contribution in [0.1, 0.15) is 0 Å². The maximum absolute atomic E-state index is 2.33. The summed E-state index contributed by atoms with van der Waals surface area (Å²) in [6.45, 7) is 0. The van der Waals surface area contributed by atoms with Gasteiger partial charge in [0.1, 0.15) is 0 Å². The summed E-state index contributed by atoms with van der Waals surface area (Å²) in [6, 6.07) is 21.5. The molecule has 0 aliphatic carbocycles. The van der Waals surface area contributed by atoms with Gasteiger partial charge in [0, 0.05) is 0 Å². The Kier molecular flexibility index (Phi) is 7.37. The molecular formula is C15H19Ge2. The molecule has 0 aliphatic heterocycles. The van der Waals surface area contributed by atoms with Crippen molar-refractivity contribution in [2.45, 2.75) is 17.3 Å². The number of rotatable bonds is 2. The standard InChI is InChI=1S/C12H10Ge.C3H9Ge/c1-3-7-11(8-4-1)13-12-9-5-2-6-10-12;1-4(2)3/h1-10H;1-3H3. The predicted octanol–water partition coefficient (Wildman–Crippen LogP) is 2.71. The van der Waals surface area contributed by atoms with Crippen LogP contribution in [0.15, 0.2) is 60.7 Å². The van der Waals surface area contributed by atoms with Gasteiger partial charge in [-0.05, 0) is 0 Å². The number of hydrogen-bond donors (Lipinski definition) is 0. The first-order valence-electron chi connectivity index (χ1n) is 5.82. The Morgan fingerprint density at radius 1 is 0.647 bits per heavy atom. The van der Waals surface area contributed by atoms with Gasteiger partial charge in [-0.25, -0.2) is 0 Å². The fourth-order valence-electron chi connectivity index (χ4n) is 1.21. The van der Waals surface area contributed by atoms with Crippen molar-refractivity contribution < 1.29 is 0 Å². The zero-order valence-corrected chi connectivity index (χ0v) is 15.0. The summed E-state index contributed by atoms with van der Waals surface area (Å²) in [5, 5.41) is 0. The number of hydrogen-bond acceptors (Lipinski definition) is 0. The van der Waals surface area contributed by atoms with Gasteiger partial charge in [-0.2, -0.15) is 0 Å². The van der Waals surface area contributed by atoms with Crippen molar-refractivity contribution in [2.24, 2.45) is 0 Å². The van der Waals surface area contributed by atoms with Gasteiger partial charge in [-0.3, -0.25) is 0 Å². The molecule has 0 N–H and O–H groups in total. The third-order valence-corrected chi connectivity index (χ3v) is 4.45. The average Bonchev–Trinajstić information content (AvgIpc) is 2.31. The molecule has 0 saturated heterocycles. The van der Waals surface area contributed by atoms with Gasteiger partial charge in [0.15, 0.2) is 0 Å². The molecule has 2 rings (SSSR count). The zero-order chi connectivity index (χ0) is 12.5. The molecule has 0 fully saturated rings. The summed E-state index contributed by atoms with van der Waals surface area (Å²) in [4.78, 5) is 0. The van der Waals surface area contributed by atoms with Crippen molar-refractivity contribution in [1.29, 1.82) is 0 Å². The van der Waals surface area contributed by atoms with E-state index >= 15 is 0 Å². The monoisotopic (exact) mass is 347 g/mol. The van der Waals surface area contributed by atoms with Crippen LogP contribution in [-0.2, 0) is 0 Å². The Morgan fingerprint density at radius 2 is 0.941 bits per heavy atom. The van der Waals surface area contributed by atoms with E-state index in [4.69, 9.17) is 0 Å². The first kappa shape index (κ1) is 14.6. The molecular weight excluding hydrogens is 325 g/mol. The molecule has 0 amide bonds. The molecule has 0 aliphatic rings. The second kappa shape index (κ2) is 8.59. The molecule has 0 spiro atoms. The zero-order valence-electron chi connectivity index (χ0n) is 10.8. The normalized spacial score (nSPS) is 9.65. The molecule has 0 atom stereocenters. The van der Waals surface area contributed by atoms with Crippen LogP contribution < -0.4 is 8.79 Å². The van der Waals surface area contributed by atoms with E-state index in [1.165, 1.54) is 8.79 Å². The van der Waals surface area contributed by atoms with E-state index in [1.807, 2.05) is 0 Å². The summed E-state index contributed by atoms with van der Waals surface area (Å²) >= 11 is -0.441. The molecule has 17 heavy (non-hydrogen) atoms. The second-order valence-electron chi connectivity index (χ2n) is 4.36. The van der Waals surface area contributed by atoms with Gasteiger partial charge in [-0.1, -0.05) is 0 Å². The molecule has 0 saturated carbocycles. The van der Waals surface area contributed by atoms with Crippen LogP contribution in [0.3, 0.4) is 0 Å². The van der Waals surface area contributed by atoms with E-state index in [9.17, 15) is 0 Å². The van der Waals surface area contributed by atoms with Gasteiger partial charge >= 0.3 is 117 Å². The Hall–Kier alpha value is -0.474. The fraction of sp³-hybridized carbons (Fsp3) is 0.200. The molecule has 87 valence electrons. The van der Waals surface area contributed by atoms with Crippen molar-refractivity contribution in [3.63, 3.8) is 0 Å². The third kappa shape index (κ3) is 7.45. The summed E-state index contributed by atoms with van der Waals surface area (Å²) in [6.07, 6.45) is 0. The molecule has 0 nitrogen and oxygen atoms in total. The van der Waals surface area contributed by atoms with Crippen LogP contribution in [0.25, 0.3) is 0 Å². The average molecular weight is 345 g/mol. The van der Waals surface area contributed by atoms with Gasteiger partial charge < -0.3 is 0 Å². The summed E-state index contributed by atoms with van der Waals surface area (Å²) in [5.74, 6) is 7.00. The van der Waals surface area contributed by atoms with Crippen LogP contribution in [0, 0.1) is 0 Å². The first-order chi connectivity index (χ1) is 8.18.